The van der Waals surface area contributed by atoms with Crippen LogP contribution < -0.4 is 10.1 Å². The average Bonchev–Trinajstić information content (AvgIpc) is 2.54. The molecule has 0 aliphatic carbocycles. The minimum absolute atomic E-state index is 0.00402. The van der Waals surface area contributed by atoms with Crippen LogP contribution in [0.25, 0.3) is 0 Å². The van der Waals surface area contributed by atoms with Crippen molar-refractivity contribution in [3.8, 4) is 5.75 Å². The Labute approximate surface area is 131 Å². The smallest absolute Gasteiger partial charge is 0.234 e. The lowest BCUT2D eigenvalue weighted by atomic mass is 10.2. The fraction of sp³-hybridized carbons (Fsp3) is 0.278. The van der Waals surface area contributed by atoms with E-state index in [2.05, 4.69) is 17.4 Å². The number of likely N-dealkylation sites (N-methyl/N-ethyl adjacent to an activating group) is 1. The summed E-state index contributed by atoms with van der Waals surface area (Å²) in [5.74, 6) is 0.796. The highest BCUT2D eigenvalue weighted by Gasteiger charge is 2.08. The van der Waals surface area contributed by atoms with E-state index in [1.54, 1.807) is 7.11 Å². The molecule has 2 rings (SSSR count). The highest BCUT2D eigenvalue weighted by molar-refractivity contribution is 5.78. The Hall–Kier alpha value is -2.33. The molecule has 0 radical (unpaired) electrons. The van der Waals surface area contributed by atoms with Gasteiger partial charge in [-0.1, -0.05) is 48.5 Å². The van der Waals surface area contributed by atoms with Crippen molar-refractivity contribution in [3.05, 3.63) is 65.7 Å². The number of carbonyl (C=O) groups excluding carboxylic acids is 1. The van der Waals surface area contributed by atoms with E-state index in [-0.39, 0.29) is 5.91 Å². The summed E-state index contributed by atoms with van der Waals surface area (Å²) in [6.07, 6.45) is 0. The van der Waals surface area contributed by atoms with Crippen LogP contribution in [-0.2, 0) is 17.9 Å². The number of methoxy groups -OCH3 is 1. The molecule has 0 aromatic heterocycles. The summed E-state index contributed by atoms with van der Waals surface area (Å²) >= 11 is 0. The lowest BCUT2D eigenvalue weighted by molar-refractivity contribution is -0.122. The third kappa shape index (κ3) is 4.90. The fourth-order valence-electron chi connectivity index (χ4n) is 2.29. The van der Waals surface area contributed by atoms with Gasteiger partial charge in [-0.2, -0.15) is 0 Å². The third-order valence-electron chi connectivity index (χ3n) is 3.38. The second kappa shape index (κ2) is 8.20. The van der Waals surface area contributed by atoms with Gasteiger partial charge in [-0.25, -0.2) is 0 Å². The van der Waals surface area contributed by atoms with Crippen molar-refractivity contribution in [2.45, 2.75) is 13.1 Å². The lowest BCUT2D eigenvalue weighted by Crippen LogP contribution is -2.34. The first-order chi connectivity index (χ1) is 10.7. The van der Waals surface area contributed by atoms with Crippen molar-refractivity contribution in [3.63, 3.8) is 0 Å². The zero-order valence-electron chi connectivity index (χ0n) is 13.1. The second-order valence-electron chi connectivity index (χ2n) is 5.25. The van der Waals surface area contributed by atoms with Crippen LogP contribution in [-0.4, -0.2) is 31.5 Å². The summed E-state index contributed by atoms with van der Waals surface area (Å²) in [6.45, 7) is 1.59. The number of hydrogen-bond donors (Lipinski definition) is 1. The minimum Gasteiger partial charge on any atom is -0.496 e. The van der Waals surface area contributed by atoms with Gasteiger partial charge in [0, 0.05) is 18.7 Å². The minimum atomic E-state index is 0.00402. The predicted molar refractivity (Wildman–Crippen MR) is 87.6 cm³/mol. The SMILES string of the molecule is COc1ccccc1CNC(=O)CN(C)Cc1ccccc1. The van der Waals surface area contributed by atoms with Crippen molar-refractivity contribution in [2.24, 2.45) is 0 Å². The number of nitrogens with one attached hydrogen (secondary N) is 1. The molecule has 1 N–H and O–H groups in total. The molecule has 1 amide bonds. The molecule has 0 saturated heterocycles. The largest absolute Gasteiger partial charge is 0.496 e. The summed E-state index contributed by atoms with van der Waals surface area (Å²) in [5, 5.41) is 2.93. The topological polar surface area (TPSA) is 41.6 Å². The normalized spacial score (nSPS) is 10.5. The summed E-state index contributed by atoms with van der Waals surface area (Å²) < 4.78 is 5.28. The molecule has 0 spiro atoms. The van der Waals surface area contributed by atoms with E-state index in [4.69, 9.17) is 4.74 Å². The van der Waals surface area contributed by atoms with Crippen molar-refractivity contribution in [1.82, 2.24) is 10.2 Å². The van der Waals surface area contributed by atoms with Gasteiger partial charge >= 0.3 is 0 Å². The van der Waals surface area contributed by atoms with E-state index in [1.165, 1.54) is 5.56 Å². The molecule has 0 unspecified atom stereocenters. The van der Waals surface area contributed by atoms with Crippen LogP contribution in [0, 0.1) is 0 Å². The average molecular weight is 298 g/mol. The van der Waals surface area contributed by atoms with Gasteiger partial charge in [-0.3, -0.25) is 9.69 Å². The zero-order valence-corrected chi connectivity index (χ0v) is 13.1. The van der Waals surface area contributed by atoms with Crippen LogP contribution >= 0.6 is 0 Å². The highest BCUT2D eigenvalue weighted by atomic mass is 16.5. The number of amides is 1. The van der Waals surface area contributed by atoms with Crippen molar-refractivity contribution < 1.29 is 9.53 Å². The lowest BCUT2D eigenvalue weighted by Gasteiger charge is -2.16. The molecular formula is C18H22N2O2. The molecule has 0 bridgehead atoms. The first-order valence-corrected chi connectivity index (χ1v) is 7.30. The summed E-state index contributed by atoms with van der Waals surface area (Å²) in [4.78, 5) is 14.0. The molecule has 0 fully saturated rings. The number of para-hydroxylation sites is 1. The first-order valence-electron chi connectivity index (χ1n) is 7.30. The van der Waals surface area contributed by atoms with Crippen LogP contribution in [0.1, 0.15) is 11.1 Å². The maximum Gasteiger partial charge on any atom is 0.234 e. The van der Waals surface area contributed by atoms with Gasteiger partial charge in [0.15, 0.2) is 0 Å². The maximum absolute atomic E-state index is 12.0. The molecule has 116 valence electrons. The van der Waals surface area contributed by atoms with Crippen LogP contribution in [0.15, 0.2) is 54.6 Å². The Kier molecular flexibility index (Phi) is 5.98. The van der Waals surface area contributed by atoms with Crippen LogP contribution in [0.4, 0.5) is 0 Å². The quantitative estimate of drug-likeness (QED) is 0.853. The Balaban J connectivity index is 1.80. The van der Waals surface area contributed by atoms with E-state index in [0.717, 1.165) is 17.9 Å². The number of ether oxygens (including phenoxy) is 1. The van der Waals surface area contributed by atoms with Gasteiger partial charge in [-0.05, 0) is 18.7 Å². The van der Waals surface area contributed by atoms with Gasteiger partial charge in [0.1, 0.15) is 5.75 Å². The molecular weight excluding hydrogens is 276 g/mol. The third-order valence-corrected chi connectivity index (χ3v) is 3.38. The predicted octanol–water partition coefficient (Wildman–Crippen LogP) is 2.44. The molecule has 2 aromatic carbocycles. The maximum atomic E-state index is 12.0. The van der Waals surface area contributed by atoms with E-state index in [1.807, 2.05) is 54.4 Å². The Morgan fingerprint density at radius 2 is 1.77 bits per heavy atom. The summed E-state index contributed by atoms with van der Waals surface area (Å²) in [6, 6.07) is 17.8. The highest BCUT2D eigenvalue weighted by Crippen LogP contribution is 2.16. The zero-order chi connectivity index (χ0) is 15.8. The monoisotopic (exact) mass is 298 g/mol. The van der Waals surface area contributed by atoms with Crippen molar-refractivity contribution in [1.29, 1.82) is 0 Å². The van der Waals surface area contributed by atoms with Crippen LogP contribution in [0.2, 0.25) is 0 Å². The molecule has 4 heteroatoms. The molecule has 4 nitrogen and oxygen atoms in total. The van der Waals surface area contributed by atoms with E-state index in [9.17, 15) is 4.79 Å². The van der Waals surface area contributed by atoms with E-state index >= 15 is 0 Å². The molecule has 0 saturated carbocycles. The Morgan fingerprint density at radius 3 is 2.50 bits per heavy atom. The molecule has 22 heavy (non-hydrogen) atoms. The van der Waals surface area contributed by atoms with Gasteiger partial charge in [0.05, 0.1) is 13.7 Å². The first kappa shape index (κ1) is 16.0. The standard InChI is InChI=1S/C18H22N2O2/c1-20(13-15-8-4-3-5-9-15)14-18(21)19-12-16-10-6-7-11-17(16)22-2/h3-11H,12-14H2,1-2H3,(H,19,21). The van der Waals surface area contributed by atoms with E-state index < -0.39 is 0 Å². The van der Waals surface area contributed by atoms with Gasteiger partial charge in [0.2, 0.25) is 5.91 Å². The molecule has 0 aliphatic heterocycles. The number of carbonyl (C=O) groups is 1. The van der Waals surface area contributed by atoms with E-state index in [0.29, 0.717) is 13.1 Å². The fourth-order valence-corrected chi connectivity index (χ4v) is 2.29. The van der Waals surface area contributed by atoms with Crippen LogP contribution in [0.5, 0.6) is 5.75 Å². The number of hydrogen-bond acceptors (Lipinski definition) is 3. The second-order valence-corrected chi connectivity index (χ2v) is 5.25. The molecule has 0 heterocycles. The summed E-state index contributed by atoms with van der Waals surface area (Å²) in [5.41, 5.74) is 2.17. The van der Waals surface area contributed by atoms with Crippen LogP contribution in [0.3, 0.4) is 0 Å². The van der Waals surface area contributed by atoms with Gasteiger partial charge < -0.3 is 10.1 Å². The van der Waals surface area contributed by atoms with Crippen molar-refractivity contribution >= 4 is 5.91 Å². The molecule has 2 aromatic rings. The summed E-state index contributed by atoms with van der Waals surface area (Å²) in [7, 11) is 3.57. The Bertz CT molecular complexity index is 599. The van der Waals surface area contributed by atoms with Crippen molar-refractivity contribution in [2.75, 3.05) is 20.7 Å². The molecule has 0 atom stereocenters. The van der Waals surface area contributed by atoms with Gasteiger partial charge in [-0.15, -0.1) is 0 Å². The number of rotatable bonds is 7. The molecule has 0 aliphatic rings. The van der Waals surface area contributed by atoms with Gasteiger partial charge in [0.25, 0.3) is 0 Å². The number of nitrogens with zero attached hydrogens (tertiary/aromatic N) is 1. The Morgan fingerprint density at radius 1 is 1.09 bits per heavy atom. The number of benzene rings is 2.